The Labute approximate surface area is 179 Å². The predicted octanol–water partition coefficient (Wildman–Crippen LogP) is 2.04. The molecule has 31 heavy (non-hydrogen) atoms. The fourth-order valence-corrected chi connectivity index (χ4v) is 4.89. The second kappa shape index (κ2) is 8.94. The number of nitrogens with zero attached hydrogens (tertiary/aromatic N) is 1. The van der Waals surface area contributed by atoms with E-state index in [1.807, 2.05) is 0 Å². The van der Waals surface area contributed by atoms with Crippen molar-refractivity contribution in [2.45, 2.75) is 17.7 Å². The van der Waals surface area contributed by atoms with E-state index in [-0.39, 0.29) is 10.5 Å². The van der Waals surface area contributed by atoms with Gasteiger partial charge in [-0.1, -0.05) is 0 Å². The molecule has 1 amide bonds. The van der Waals surface area contributed by atoms with Gasteiger partial charge in [-0.2, -0.15) is 4.31 Å². The summed E-state index contributed by atoms with van der Waals surface area (Å²) in [5, 5.41) is 2.58. The van der Waals surface area contributed by atoms with Crippen LogP contribution in [-0.4, -0.2) is 57.5 Å². The van der Waals surface area contributed by atoms with E-state index in [4.69, 9.17) is 14.2 Å². The summed E-state index contributed by atoms with van der Waals surface area (Å²) in [6.45, 7) is 1.40. The molecule has 0 saturated carbocycles. The van der Waals surface area contributed by atoms with Gasteiger partial charge in [0.1, 0.15) is 13.2 Å². The van der Waals surface area contributed by atoms with Gasteiger partial charge in [0.05, 0.1) is 10.5 Å². The zero-order valence-electron chi connectivity index (χ0n) is 16.7. The van der Waals surface area contributed by atoms with E-state index in [1.165, 1.54) is 40.7 Å². The van der Waals surface area contributed by atoms with Crippen LogP contribution in [0.1, 0.15) is 23.2 Å². The van der Waals surface area contributed by atoms with Crippen LogP contribution in [0.4, 0.5) is 5.69 Å². The van der Waals surface area contributed by atoms with Crippen LogP contribution in [0.5, 0.6) is 11.5 Å². The SMILES string of the molecule is O=C(COC(=O)c1ccc2c(c1)OCCO2)Nc1ccc(S(=O)(=O)N2CCCC2)cc1. The van der Waals surface area contributed by atoms with Crippen molar-refractivity contribution in [3.05, 3.63) is 48.0 Å². The number of benzene rings is 2. The maximum absolute atomic E-state index is 12.5. The van der Waals surface area contributed by atoms with Crippen molar-refractivity contribution in [1.82, 2.24) is 4.31 Å². The average Bonchev–Trinajstić information content (AvgIpc) is 3.33. The molecular weight excluding hydrogens is 424 g/mol. The highest BCUT2D eigenvalue weighted by atomic mass is 32.2. The molecule has 164 valence electrons. The van der Waals surface area contributed by atoms with Crippen LogP contribution in [0, 0.1) is 0 Å². The molecule has 1 fully saturated rings. The molecule has 9 nitrogen and oxygen atoms in total. The first-order chi connectivity index (χ1) is 14.9. The minimum atomic E-state index is -3.51. The molecule has 0 aliphatic carbocycles. The number of esters is 1. The molecule has 2 aromatic rings. The van der Waals surface area contributed by atoms with Crippen molar-refractivity contribution < 1.29 is 32.2 Å². The first-order valence-corrected chi connectivity index (χ1v) is 11.3. The molecule has 0 aromatic heterocycles. The molecule has 0 bridgehead atoms. The second-order valence-corrected chi connectivity index (χ2v) is 9.06. The Hall–Kier alpha value is -3.11. The molecule has 2 aromatic carbocycles. The van der Waals surface area contributed by atoms with Gasteiger partial charge in [-0.25, -0.2) is 13.2 Å². The number of carbonyl (C=O) groups is 2. The maximum Gasteiger partial charge on any atom is 0.338 e. The van der Waals surface area contributed by atoms with E-state index in [2.05, 4.69) is 5.32 Å². The highest BCUT2D eigenvalue weighted by Gasteiger charge is 2.27. The Bertz CT molecular complexity index is 1080. The van der Waals surface area contributed by atoms with E-state index in [9.17, 15) is 18.0 Å². The number of sulfonamides is 1. The van der Waals surface area contributed by atoms with Gasteiger partial charge in [0.25, 0.3) is 5.91 Å². The van der Waals surface area contributed by atoms with Crippen LogP contribution in [0.15, 0.2) is 47.4 Å². The summed E-state index contributed by atoms with van der Waals surface area (Å²) in [6, 6.07) is 10.6. The zero-order valence-corrected chi connectivity index (χ0v) is 17.5. The first kappa shape index (κ1) is 21.1. The van der Waals surface area contributed by atoms with Gasteiger partial charge >= 0.3 is 5.97 Å². The summed E-state index contributed by atoms with van der Waals surface area (Å²) in [5.41, 5.74) is 0.647. The second-order valence-electron chi connectivity index (χ2n) is 7.12. The summed E-state index contributed by atoms with van der Waals surface area (Å²) in [6.07, 6.45) is 1.72. The third kappa shape index (κ3) is 4.80. The van der Waals surface area contributed by atoms with Gasteiger partial charge in [0.15, 0.2) is 18.1 Å². The summed E-state index contributed by atoms with van der Waals surface area (Å²) in [7, 11) is -3.51. The van der Waals surface area contributed by atoms with Crippen LogP contribution < -0.4 is 14.8 Å². The summed E-state index contributed by atoms with van der Waals surface area (Å²) < 4.78 is 42.4. The number of ether oxygens (including phenoxy) is 3. The van der Waals surface area contributed by atoms with E-state index in [0.717, 1.165) is 12.8 Å². The lowest BCUT2D eigenvalue weighted by Gasteiger charge is -2.18. The maximum atomic E-state index is 12.5. The molecule has 1 N–H and O–H groups in total. The monoisotopic (exact) mass is 446 g/mol. The van der Waals surface area contributed by atoms with Crippen LogP contribution >= 0.6 is 0 Å². The van der Waals surface area contributed by atoms with Crippen LogP contribution in [-0.2, 0) is 19.6 Å². The molecular formula is C21H22N2O7S. The van der Waals surface area contributed by atoms with E-state index in [0.29, 0.717) is 43.5 Å². The molecule has 4 rings (SSSR count). The number of hydrogen-bond acceptors (Lipinski definition) is 7. The molecule has 2 aliphatic heterocycles. The zero-order chi connectivity index (χ0) is 21.8. The van der Waals surface area contributed by atoms with Crippen molar-refractivity contribution in [3.8, 4) is 11.5 Å². The van der Waals surface area contributed by atoms with Crippen LogP contribution in [0.25, 0.3) is 0 Å². The standard InChI is InChI=1S/C21H22N2O7S/c24-20(14-30-21(25)15-3-8-18-19(13-15)29-12-11-28-18)22-16-4-6-17(7-5-16)31(26,27)23-9-1-2-10-23/h3-8,13H,1-2,9-12,14H2,(H,22,24). The number of nitrogens with one attached hydrogen (secondary N) is 1. The third-order valence-corrected chi connectivity index (χ3v) is 6.87. The van der Waals surface area contributed by atoms with Gasteiger partial charge in [0.2, 0.25) is 10.0 Å². The van der Waals surface area contributed by atoms with Crippen molar-refractivity contribution >= 4 is 27.6 Å². The fraction of sp³-hybridized carbons (Fsp3) is 0.333. The number of fused-ring (bicyclic) bond motifs is 1. The van der Waals surface area contributed by atoms with Gasteiger partial charge in [0, 0.05) is 18.8 Å². The predicted molar refractivity (Wildman–Crippen MR) is 111 cm³/mol. The molecule has 2 aliphatic rings. The third-order valence-electron chi connectivity index (χ3n) is 4.95. The smallest absolute Gasteiger partial charge is 0.338 e. The number of rotatable bonds is 6. The highest BCUT2D eigenvalue weighted by molar-refractivity contribution is 7.89. The van der Waals surface area contributed by atoms with Crippen molar-refractivity contribution in [2.75, 3.05) is 38.2 Å². The quantitative estimate of drug-likeness (QED) is 0.676. The van der Waals surface area contributed by atoms with E-state index < -0.39 is 28.5 Å². The van der Waals surface area contributed by atoms with E-state index >= 15 is 0 Å². The molecule has 0 unspecified atom stereocenters. The van der Waals surface area contributed by atoms with Crippen molar-refractivity contribution in [1.29, 1.82) is 0 Å². The highest BCUT2D eigenvalue weighted by Crippen LogP contribution is 2.31. The van der Waals surface area contributed by atoms with Gasteiger partial charge in [-0.15, -0.1) is 0 Å². The Morgan fingerprint density at radius 2 is 1.65 bits per heavy atom. The number of hydrogen-bond donors (Lipinski definition) is 1. The number of amides is 1. The normalized spacial score (nSPS) is 16.0. The molecule has 0 radical (unpaired) electrons. The first-order valence-electron chi connectivity index (χ1n) is 9.90. The molecule has 0 atom stereocenters. The fourth-order valence-electron chi connectivity index (χ4n) is 3.37. The Morgan fingerprint density at radius 1 is 0.968 bits per heavy atom. The van der Waals surface area contributed by atoms with E-state index in [1.54, 1.807) is 6.07 Å². The van der Waals surface area contributed by atoms with Crippen molar-refractivity contribution in [3.63, 3.8) is 0 Å². The molecule has 10 heteroatoms. The summed E-state index contributed by atoms with van der Waals surface area (Å²) in [4.78, 5) is 24.5. The largest absolute Gasteiger partial charge is 0.486 e. The minimum Gasteiger partial charge on any atom is -0.486 e. The van der Waals surface area contributed by atoms with Crippen LogP contribution in [0.2, 0.25) is 0 Å². The lowest BCUT2D eigenvalue weighted by atomic mass is 10.2. The number of carbonyl (C=O) groups excluding carboxylic acids is 2. The lowest BCUT2D eigenvalue weighted by Crippen LogP contribution is -2.27. The van der Waals surface area contributed by atoms with Crippen molar-refractivity contribution in [2.24, 2.45) is 0 Å². The topological polar surface area (TPSA) is 111 Å². The lowest BCUT2D eigenvalue weighted by molar-refractivity contribution is -0.119. The van der Waals surface area contributed by atoms with Crippen LogP contribution in [0.3, 0.4) is 0 Å². The molecule has 1 saturated heterocycles. The Kier molecular flexibility index (Phi) is 6.10. The minimum absolute atomic E-state index is 0.178. The molecule has 0 spiro atoms. The average molecular weight is 446 g/mol. The Balaban J connectivity index is 1.31. The van der Waals surface area contributed by atoms with Gasteiger partial charge < -0.3 is 19.5 Å². The Morgan fingerprint density at radius 3 is 2.35 bits per heavy atom. The molecule has 2 heterocycles. The summed E-state index contributed by atoms with van der Waals surface area (Å²) >= 11 is 0. The van der Waals surface area contributed by atoms with Gasteiger partial charge in [-0.3, -0.25) is 4.79 Å². The number of anilines is 1. The van der Waals surface area contributed by atoms with Gasteiger partial charge in [-0.05, 0) is 55.3 Å². The summed E-state index contributed by atoms with van der Waals surface area (Å²) in [5.74, 6) is -0.204.